The molecule has 0 bridgehead atoms. The number of aliphatic hydroxyl groups is 3. The molecule has 0 aromatic carbocycles. The predicted molar refractivity (Wildman–Crippen MR) is 117 cm³/mol. The van der Waals surface area contributed by atoms with Crippen molar-refractivity contribution in [2.45, 2.75) is 95.5 Å². The van der Waals surface area contributed by atoms with Gasteiger partial charge in [-0.05, 0) is 32.1 Å². The molecule has 2 aliphatic heterocycles. The number of fused-ring (bicyclic) bond motifs is 1. The molecular weight excluding hydrogens is 396 g/mol. The summed E-state index contributed by atoms with van der Waals surface area (Å²) in [5.74, 6) is -1.36. The molecule has 3 aliphatic rings. The molecular formula is C24H38N2O5. The highest BCUT2D eigenvalue weighted by atomic mass is 16.3. The molecule has 5 atom stereocenters. The van der Waals surface area contributed by atoms with Crippen molar-refractivity contribution in [2.24, 2.45) is 11.8 Å². The molecule has 7 nitrogen and oxygen atoms in total. The summed E-state index contributed by atoms with van der Waals surface area (Å²) in [6.45, 7) is 0.292. The van der Waals surface area contributed by atoms with E-state index in [1.54, 1.807) is 0 Å². The van der Waals surface area contributed by atoms with Crippen LogP contribution in [0.4, 0.5) is 0 Å². The second-order valence-corrected chi connectivity index (χ2v) is 9.10. The van der Waals surface area contributed by atoms with Gasteiger partial charge in [-0.1, -0.05) is 68.7 Å². The first-order chi connectivity index (χ1) is 15.0. The number of carbonyl (C=O) groups is 2. The summed E-state index contributed by atoms with van der Waals surface area (Å²) in [6.07, 6.45) is 15.6. The molecule has 2 heterocycles. The Morgan fingerprint density at radius 2 is 1.55 bits per heavy atom. The number of amides is 2. The third kappa shape index (κ3) is 6.04. The van der Waals surface area contributed by atoms with Crippen molar-refractivity contribution in [1.82, 2.24) is 10.2 Å². The van der Waals surface area contributed by atoms with Gasteiger partial charge in [0.15, 0.2) is 0 Å². The highest BCUT2D eigenvalue weighted by Gasteiger charge is 2.52. The van der Waals surface area contributed by atoms with E-state index < -0.39 is 30.3 Å². The van der Waals surface area contributed by atoms with Crippen LogP contribution in [0.3, 0.4) is 0 Å². The number of likely N-dealkylation sites (tertiary alicyclic amines) is 1. The van der Waals surface area contributed by atoms with Crippen molar-refractivity contribution < 1.29 is 24.9 Å². The molecule has 0 spiro atoms. The van der Waals surface area contributed by atoms with Crippen molar-refractivity contribution >= 4 is 11.8 Å². The Balaban J connectivity index is 1.45. The molecule has 3 rings (SSSR count). The van der Waals surface area contributed by atoms with Gasteiger partial charge in [-0.3, -0.25) is 19.8 Å². The first-order valence-corrected chi connectivity index (χ1v) is 12.0. The van der Waals surface area contributed by atoms with Crippen LogP contribution in [-0.4, -0.2) is 57.1 Å². The average molecular weight is 435 g/mol. The Labute approximate surface area is 185 Å². The summed E-state index contributed by atoms with van der Waals surface area (Å²) in [6, 6.07) is -0.624. The Kier molecular flexibility index (Phi) is 9.26. The lowest BCUT2D eigenvalue weighted by atomic mass is 9.81. The molecule has 1 aliphatic carbocycles. The first kappa shape index (κ1) is 24.1. The van der Waals surface area contributed by atoms with Gasteiger partial charge in [-0.2, -0.15) is 0 Å². The van der Waals surface area contributed by atoms with E-state index in [2.05, 4.69) is 5.32 Å². The van der Waals surface area contributed by atoms with Gasteiger partial charge in [0.2, 0.25) is 11.8 Å². The van der Waals surface area contributed by atoms with Gasteiger partial charge in [0.25, 0.3) is 0 Å². The van der Waals surface area contributed by atoms with Crippen LogP contribution in [-0.2, 0) is 9.59 Å². The van der Waals surface area contributed by atoms with Gasteiger partial charge in [0.05, 0.1) is 17.9 Å². The van der Waals surface area contributed by atoms with E-state index in [9.17, 15) is 19.8 Å². The maximum atomic E-state index is 13.2. The van der Waals surface area contributed by atoms with Crippen LogP contribution >= 0.6 is 0 Å². The Morgan fingerprint density at radius 3 is 2.19 bits per heavy atom. The number of rotatable bonds is 12. The Morgan fingerprint density at radius 1 is 0.903 bits per heavy atom. The molecule has 0 saturated carbocycles. The molecule has 174 valence electrons. The first-order valence-electron chi connectivity index (χ1n) is 12.0. The number of imide groups is 1. The quantitative estimate of drug-likeness (QED) is 0.277. The van der Waals surface area contributed by atoms with Crippen LogP contribution in [0, 0.1) is 11.8 Å². The SMILES string of the molecule is O=C1C2C=CC=C(CCCCCCCCCCCO)C2C(=O)N1C1CCC(O)NC1O. The zero-order valence-corrected chi connectivity index (χ0v) is 18.4. The summed E-state index contributed by atoms with van der Waals surface area (Å²) in [5, 5.41) is 31.4. The average Bonchev–Trinajstić information content (AvgIpc) is 3.01. The van der Waals surface area contributed by atoms with Crippen molar-refractivity contribution in [3.05, 3.63) is 23.8 Å². The van der Waals surface area contributed by atoms with Crippen molar-refractivity contribution in [3.8, 4) is 0 Å². The van der Waals surface area contributed by atoms with Gasteiger partial charge in [-0.25, -0.2) is 0 Å². The van der Waals surface area contributed by atoms with Gasteiger partial charge >= 0.3 is 0 Å². The van der Waals surface area contributed by atoms with Crippen LogP contribution in [0.15, 0.2) is 23.8 Å². The smallest absolute Gasteiger partial charge is 0.237 e. The fraction of sp³-hybridized carbons (Fsp3) is 0.750. The molecule has 5 unspecified atom stereocenters. The molecule has 2 fully saturated rings. The lowest BCUT2D eigenvalue weighted by molar-refractivity contribution is -0.149. The minimum absolute atomic E-state index is 0.212. The summed E-state index contributed by atoms with van der Waals surface area (Å²) in [4.78, 5) is 27.4. The van der Waals surface area contributed by atoms with Crippen molar-refractivity contribution in [3.63, 3.8) is 0 Å². The standard InChI is InChI=1S/C24H38N2O5/c27-16-9-7-5-3-1-2-4-6-8-11-17-12-10-13-18-21(17)24(31)26(23(18)30)19-14-15-20(28)25-22(19)29/h10,12-13,18-22,25,27-29H,1-9,11,14-16H2. The van der Waals surface area contributed by atoms with Crippen LogP contribution in [0.2, 0.25) is 0 Å². The zero-order valence-electron chi connectivity index (χ0n) is 18.4. The molecule has 2 saturated heterocycles. The van der Waals surface area contributed by atoms with Crippen LogP contribution in [0.25, 0.3) is 0 Å². The Hall–Kier alpha value is -1.54. The molecule has 0 radical (unpaired) electrons. The maximum absolute atomic E-state index is 13.2. The number of nitrogens with zero attached hydrogens (tertiary/aromatic N) is 1. The van der Waals surface area contributed by atoms with Crippen LogP contribution in [0.5, 0.6) is 0 Å². The number of unbranched alkanes of at least 4 members (excludes halogenated alkanes) is 8. The summed E-state index contributed by atoms with van der Waals surface area (Å²) < 4.78 is 0. The fourth-order valence-corrected chi connectivity index (χ4v) is 5.09. The molecule has 0 aromatic heterocycles. The maximum Gasteiger partial charge on any atom is 0.237 e. The number of aliphatic hydroxyl groups excluding tert-OH is 3. The van der Waals surface area contributed by atoms with Crippen molar-refractivity contribution in [1.29, 1.82) is 0 Å². The zero-order chi connectivity index (χ0) is 22.2. The van der Waals surface area contributed by atoms with E-state index in [1.807, 2.05) is 18.2 Å². The fourth-order valence-electron chi connectivity index (χ4n) is 5.09. The monoisotopic (exact) mass is 434 g/mol. The lowest BCUT2D eigenvalue weighted by Crippen LogP contribution is -2.58. The third-order valence-electron chi connectivity index (χ3n) is 6.83. The summed E-state index contributed by atoms with van der Waals surface area (Å²) in [7, 11) is 0. The molecule has 4 N–H and O–H groups in total. The van der Waals surface area contributed by atoms with E-state index in [-0.39, 0.29) is 11.8 Å². The highest BCUT2D eigenvalue weighted by molar-refractivity contribution is 6.08. The number of piperidine rings is 1. The summed E-state index contributed by atoms with van der Waals surface area (Å²) >= 11 is 0. The van der Waals surface area contributed by atoms with E-state index >= 15 is 0 Å². The second kappa shape index (κ2) is 11.9. The van der Waals surface area contributed by atoms with E-state index in [0.717, 1.165) is 37.7 Å². The Bertz CT molecular complexity index is 677. The minimum Gasteiger partial charge on any atom is -0.396 e. The number of nitrogens with one attached hydrogen (secondary N) is 1. The minimum atomic E-state index is -1.10. The van der Waals surface area contributed by atoms with Crippen molar-refractivity contribution in [2.75, 3.05) is 6.61 Å². The number of hydrogen-bond donors (Lipinski definition) is 4. The largest absolute Gasteiger partial charge is 0.396 e. The van der Waals surface area contributed by atoms with Gasteiger partial charge in [-0.15, -0.1) is 0 Å². The predicted octanol–water partition coefficient (Wildman–Crippen LogP) is 2.37. The van der Waals surface area contributed by atoms with Gasteiger partial charge < -0.3 is 15.3 Å². The van der Waals surface area contributed by atoms with E-state index in [1.165, 1.54) is 37.0 Å². The number of hydrogen-bond acceptors (Lipinski definition) is 6. The normalized spacial score (nSPS) is 30.6. The highest BCUT2D eigenvalue weighted by Crippen LogP contribution is 2.40. The van der Waals surface area contributed by atoms with Gasteiger partial charge in [0.1, 0.15) is 12.5 Å². The second-order valence-electron chi connectivity index (χ2n) is 9.10. The molecule has 0 aromatic rings. The topological polar surface area (TPSA) is 110 Å². The lowest BCUT2D eigenvalue weighted by Gasteiger charge is -2.36. The van der Waals surface area contributed by atoms with E-state index in [4.69, 9.17) is 5.11 Å². The van der Waals surface area contributed by atoms with Crippen LogP contribution in [0.1, 0.15) is 77.0 Å². The number of carbonyl (C=O) groups excluding carboxylic acids is 2. The van der Waals surface area contributed by atoms with Crippen LogP contribution < -0.4 is 5.32 Å². The van der Waals surface area contributed by atoms with Gasteiger partial charge in [0, 0.05) is 6.61 Å². The number of allylic oxidation sites excluding steroid dienone is 2. The molecule has 2 amide bonds. The third-order valence-corrected chi connectivity index (χ3v) is 6.83. The molecule has 7 heteroatoms. The molecule has 31 heavy (non-hydrogen) atoms. The van der Waals surface area contributed by atoms with E-state index in [0.29, 0.717) is 19.4 Å². The summed E-state index contributed by atoms with van der Waals surface area (Å²) in [5.41, 5.74) is 1.02.